The number of hydrogen-bond donors (Lipinski definition) is 1. The number of fused-ring (bicyclic) bond motifs is 1. The summed E-state index contributed by atoms with van der Waals surface area (Å²) in [6.07, 6.45) is 0.256. The SMILES string of the molecule is COc1ccc([C@H]2CC(=O)N(CC(=O)Nc3cccc(C)c3C)c3ccccc3S2)cc1OC. The molecule has 34 heavy (non-hydrogen) atoms. The van der Waals surface area contributed by atoms with E-state index in [0.29, 0.717) is 11.5 Å². The van der Waals surface area contributed by atoms with Crippen LogP contribution in [-0.4, -0.2) is 32.6 Å². The van der Waals surface area contributed by atoms with Gasteiger partial charge in [0.05, 0.1) is 19.9 Å². The van der Waals surface area contributed by atoms with Crippen LogP contribution in [0.2, 0.25) is 0 Å². The molecule has 0 saturated carbocycles. The van der Waals surface area contributed by atoms with Gasteiger partial charge in [-0.1, -0.05) is 30.3 Å². The van der Waals surface area contributed by atoms with Crippen LogP contribution in [-0.2, 0) is 9.59 Å². The van der Waals surface area contributed by atoms with Gasteiger partial charge in [0.15, 0.2) is 11.5 Å². The number of methoxy groups -OCH3 is 2. The molecule has 3 aromatic carbocycles. The molecule has 2 amide bonds. The van der Waals surface area contributed by atoms with Crippen LogP contribution in [0.4, 0.5) is 11.4 Å². The van der Waals surface area contributed by atoms with E-state index in [1.165, 1.54) is 0 Å². The van der Waals surface area contributed by atoms with Crippen molar-refractivity contribution in [3.05, 3.63) is 77.4 Å². The Hall–Kier alpha value is -3.45. The number of rotatable bonds is 6. The van der Waals surface area contributed by atoms with E-state index < -0.39 is 0 Å². The predicted molar refractivity (Wildman–Crippen MR) is 136 cm³/mol. The number of carbonyl (C=O) groups excluding carboxylic acids is 2. The molecule has 0 saturated heterocycles. The summed E-state index contributed by atoms with van der Waals surface area (Å²) >= 11 is 1.62. The number of benzene rings is 3. The molecule has 0 aromatic heterocycles. The Kier molecular flexibility index (Phi) is 7.12. The molecule has 1 atom stereocenters. The summed E-state index contributed by atoms with van der Waals surface area (Å²) in [5.74, 6) is 0.927. The van der Waals surface area contributed by atoms with Gasteiger partial charge >= 0.3 is 0 Å². The number of nitrogens with one attached hydrogen (secondary N) is 1. The van der Waals surface area contributed by atoms with E-state index in [1.54, 1.807) is 30.9 Å². The third-order valence-electron chi connectivity index (χ3n) is 6.05. The zero-order valence-corrected chi connectivity index (χ0v) is 20.6. The Morgan fingerprint density at radius 2 is 1.79 bits per heavy atom. The second-order valence-electron chi connectivity index (χ2n) is 8.17. The number of aryl methyl sites for hydroxylation is 1. The first-order valence-electron chi connectivity index (χ1n) is 11.0. The molecule has 1 heterocycles. The molecule has 1 N–H and O–H groups in total. The van der Waals surface area contributed by atoms with Crippen LogP contribution in [0.25, 0.3) is 0 Å². The van der Waals surface area contributed by atoms with Crippen LogP contribution in [0.15, 0.2) is 65.6 Å². The zero-order valence-electron chi connectivity index (χ0n) is 19.8. The molecule has 0 bridgehead atoms. The minimum Gasteiger partial charge on any atom is -0.493 e. The minimum absolute atomic E-state index is 0.0531. The molecule has 1 aliphatic heterocycles. The molecule has 0 aliphatic carbocycles. The average molecular weight is 477 g/mol. The van der Waals surface area contributed by atoms with Gasteiger partial charge in [-0.05, 0) is 60.9 Å². The Labute approximate surface area is 204 Å². The van der Waals surface area contributed by atoms with Gasteiger partial charge in [-0.3, -0.25) is 9.59 Å². The highest BCUT2D eigenvalue weighted by Gasteiger charge is 2.31. The Morgan fingerprint density at radius 1 is 1.03 bits per heavy atom. The number of anilines is 2. The van der Waals surface area contributed by atoms with Crippen LogP contribution >= 0.6 is 11.8 Å². The predicted octanol–water partition coefficient (Wildman–Crippen LogP) is 5.53. The molecule has 176 valence electrons. The van der Waals surface area contributed by atoms with Crippen molar-refractivity contribution >= 4 is 35.0 Å². The van der Waals surface area contributed by atoms with Crippen molar-refractivity contribution in [3.63, 3.8) is 0 Å². The fraction of sp³-hybridized carbons (Fsp3) is 0.259. The third kappa shape index (κ3) is 4.89. The number of para-hydroxylation sites is 1. The van der Waals surface area contributed by atoms with Gasteiger partial charge in [0.2, 0.25) is 11.8 Å². The number of carbonyl (C=O) groups is 2. The lowest BCUT2D eigenvalue weighted by molar-refractivity contribution is -0.121. The van der Waals surface area contributed by atoms with Crippen molar-refractivity contribution in [2.45, 2.75) is 30.4 Å². The minimum atomic E-state index is -0.230. The fourth-order valence-electron chi connectivity index (χ4n) is 4.01. The highest BCUT2D eigenvalue weighted by Crippen LogP contribution is 2.46. The Morgan fingerprint density at radius 3 is 2.56 bits per heavy atom. The summed E-state index contributed by atoms with van der Waals surface area (Å²) in [6.45, 7) is 3.93. The second-order valence-corrected chi connectivity index (χ2v) is 9.41. The van der Waals surface area contributed by atoms with Crippen LogP contribution in [0.1, 0.15) is 28.4 Å². The Balaban J connectivity index is 1.60. The molecule has 0 spiro atoms. The molecule has 0 unspecified atom stereocenters. The summed E-state index contributed by atoms with van der Waals surface area (Å²) < 4.78 is 10.8. The first-order chi connectivity index (χ1) is 16.4. The quantitative estimate of drug-likeness (QED) is 0.507. The first kappa shape index (κ1) is 23.7. The van der Waals surface area contributed by atoms with Crippen molar-refractivity contribution in [2.24, 2.45) is 0 Å². The maximum absolute atomic E-state index is 13.4. The topological polar surface area (TPSA) is 67.9 Å². The number of thioether (sulfide) groups is 1. The first-order valence-corrected chi connectivity index (χ1v) is 11.9. The standard InChI is InChI=1S/C27H28N2O4S/c1-17-8-7-9-20(18(17)2)28-26(30)16-29-21-10-5-6-11-24(21)34-25(15-27(29)31)19-12-13-22(32-3)23(14-19)33-4/h5-14,25H,15-16H2,1-4H3,(H,28,30)/t25-/m1/s1. The van der Waals surface area contributed by atoms with E-state index in [1.807, 2.05) is 74.5 Å². The van der Waals surface area contributed by atoms with Crippen molar-refractivity contribution in [2.75, 3.05) is 31.0 Å². The summed E-state index contributed by atoms with van der Waals surface area (Å²) in [5.41, 5.74) is 4.59. The van der Waals surface area contributed by atoms with Gasteiger partial charge in [-0.2, -0.15) is 0 Å². The van der Waals surface area contributed by atoms with Crippen molar-refractivity contribution in [1.29, 1.82) is 0 Å². The van der Waals surface area contributed by atoms with Crippen molar-refractivity contribution in [3.8, 4) is 11.5 Å². The molecular formula is C27H28N2O4S. The lowest BCUT2D eigenvalue weighted by Gasteiger charge is -2.22. The average Bonchev–Trinajstić information content (AvgIpc) is 2.98. The van der Waals surface area contributed by atoms with E-state index in [4.69, 9.17) is 9.47 Å². The number of hydrogen-bond acceptors (Lipinski definition) is 5. The highest BCUT2D eigenvalue weighted by molar-refractivity contribution is 7.99. The highest BCUT2D eigenvalue weighted by atomic mass is 32.2. The van der Waals surface area contributed by atoms with E-state index in [9.17, 15) is 9.59 Å². The summed E-state index contributed by atoms with van der Waals surface area (Å²) in [7, 11) is 3.19. The molecule has 1 aliphatic rings. The van der Waals surface area contributed by atoms with Gasteiger partial charge in [-0.15, -0.1) is 11.8 Å². The lowest BCUT2D eigenvalue weighted by atomic mass is 10.1. The van der Waals surface area contributed by atoms with Gasteiger partial charge in [-0.25, -0.2) is 0 Å². The number of ether oxygens (including phenoxy) is 2. The van der Waals surface area contributed by atoms with E-state index in [-0.39, 0.29) is 30.0 Å². The zero-order chi connectivity index (χ0) is 24.2. The molecule has 4 rings (SSSR count). The number of amides is 2. The van der Waals surface area contributed by atoms with Gasteiger partial charge in [0.25, 0.3) is 0 Å². The lowest BCUT2D eigenvalue weighted by Crippen LogP contribution is -2.38. The molecule has 3 aromatic rings. The Bertz CT molecular complexity index is 1230. The molecule has 0 fully saturated rings. The van der Waals surface area contributed by atoms with E-state index in [2.05, 4.69) is 5.32 Å². The molecule has 7 heteroatoms. The summed E-state index contributed by atoms with van der Waals surface area (Å²) in [4.78, 5) is 28.9. The van der Waals surface area contributed by atoms with Gasteiger partial charge in [0.1, 0.15) is 6.54 Å². The number of nitrogens with zero attached hydrogens (tertiary/aromatic N) is 1. The van der Waals surface area contributed by atoms with E-state index >= 15 is 0 Å². The summed E-state index contributed by atoms with van der Waals surface area (Å²) in [5, 5.41) is 2.85. The molecule has 0 radical (unpaired) electrons. The van der Waals surface area contributed by atoms with Gasteiger partial charge < -0.3 is 19.7 Å². The molecular weight excluding hydrogens is 448 g/mol. The normalized spacial score (nSPS) is 15.4. The summed E-state index contributed by atoms with van der Waals surface area (Å²) in [6, 6.07) is 19.2. The van der Waals surface area contributed by atoms with Gasteiger partial charge in [0, 0.05) is 22.3 Å². The molecule has 6 nitrogen and oxygen atoms in total. The van der Waals surface area contributed by atoms with E-state index in [0.717, 1.165) is 33.0 Å². The van der Waals surface area contributed by atoms with Crippen molar-refractivity contribution in [1.82, 2.24) is 0 Å². The largest absolute Gasteiger partial charge is 0.493 e. The maximum Gasteiger partial charge on any atom is 0.244 e. The van der Waals surface area contributed by atoms with Crippen molar-refractivity contribution < 1.29 is 19.1 Å². The second kappa shape index (κ2) is 10.2. The fourth-order valence-corrected chi connectivity index (χ4v) is 5.28. The third-order valence-corrected chi connectivity index (χ3v) is 7.37. The van der Waals surface area contributed by atoms with Crippen LogP contribution in [0.5, 0.6) is 11.5 Å². The van der Waals surface area contributed by atoms with Crippen LogP contribution in [0.3, 0.4) is 0 Å². The maximum atomic E-state index is 13.4. The van der Waals surface area contributed by atoms with Crippen LogP contribution < -0.4 is 19.7 Å². The smallest absolute Gasteiger partial charge is 0.244 e. The van der Waals surface area contributed by atoms with Crippen LogP contribution in [0, 0.1) is 13.8 Å². The monoisotopic (exact) mass is 476 g/mol.